The highest BCUT2D eigenvalue weighted by Crippen LogP contribution is 2.10. The molecule has 1 aliphatic heterocycles. The molecule has 120 valence electrons. The first-order chi connectivity index (χ1) is 9.57. The molecular formula is C14H31N3O2S. The molecule has 0 radical (unpaired) electrons. The third-order valence-electron chi connectivity index (χ3n) is 3.88. The fourth-order valence-electron chi connectivity index (χ4n) is 2.64. The van der Waals surface area contributed by atoms with E-state index >= 15 is 0 Å². The summed E-state index contributed by atoms with van der Waals surface area (Å²) in [5, 5.41) is 3.39. The van der Waals surface area contributed by atoms with Crippen LogP contribution in [0.4, 0.5) is 0 Å². The summed E-state index contributed by atoms with van der Waals surface area (Å²) in [7, 11) is -3.12. The molecule has 1 fully saturated rings. The predicted octanol–water partition coefficient (Wildman–Crippen LogP) is 1.17. The van der Waals surface area contributed by atoms with Gasteiger partial charge in [0.2, 0.25) is 10.0 Å². The number of piperidine rings is 1. The molecule has 1 atom stereocenters. The van der Waals surface area contributed by atoms with Crippen molar-refractivity contribution in [3.8, 4) is 0 Å². The predicted molar refractivity (Wildman–Crippen MR) is 84.5 cm³/mol. The minimum atomic E-state index is -3.12. The second-order valence-corrected chi connectivity index (χ2v) is 7.51. The summed E-state index contributed by atoms with van der Waals surface area (Å²) in [5.41, 5.74) is 0. The molecule has 20 heavy (non-hydrogen) atoms. The van der Waals surface area contributed by atoms with Gasteiger partial charge < -0.3 is 10.2 Å². The van der Waals surface area contributed by atoms with E-state index in [1.165, 1.54) is 12.8 Å². The molecule has 6 heteroatoms. The molecule has 0 spiro atoms. The van der Waals surface area contributed by atoms with Crippen LogP contribution in [-0.4, -0.2) is 57.8 Å². The molecule has 5 nitrogen and oxygen atoms in total. The van der Waals surface area contributed by atoms with Gasteiger partial charge >= 0.3 is 0 Å². The molecule has 1 aliphatic rings. The van der Waals surface area contributed by atoms with E-state index in [4.69, 9.17) is 0 Å². The van der Waals surface area contributed by atoms with Crippen LogP contribution in [0.1, 0.15) is 46.0 Å². The Morgan fingerprint density at radius 2 is 2.05 bits per heavy atom. The van der Waals surface area contributed by atoms with Crippen LogP contribution in [0.25, 0.3) is 0 Å². The summed E-state index contributed by atoms with van der Waals surface area (Å²) in [4.78, 5) is 2.27. The zero-order valence-electron chi connectivity index (χ0n) is 13.0. The second-order valence-electron chi connectivity index (χ2n) is 5.58. The van der Waals surface area contributed by atoms with Gasteiger partial charge in [-0.1, -0.05) is 20.3 Å². The van der Waals surface area contributed by atoms with Crippen LogP contribution in [-0.2, 0) is 10.0 Å². The average Bonchev–Trinajstić information content (AvgIpc) is 2.45. The third-order valence-corrected chi connectivity index (χ3v) is 5.30. The molecule has 0 saturated carbocycles. The van der Waals surface area contributed by atoms with Gasteiger partial charge in [-0.15, -0.1) is 0 Å². The maximum Gasteiger partial charge on any atom is 0.211 e. The first-order valence-electron chi connectivity index (χ1n) is 8.00. The fourth-order valence-corrected chi connectivity index (χ4v) is 3.78. The van der Waals surface area contributed by atoms with Crippen molar-refractivity contribution in [3.05, 3.63) is 0 Å². The lowest BCUT2D eigenvalue weighted by atomic mass is 10.0. The number of hydrogen-bond donors (Lipinski definition) is 2. The van der Waals surface area contributed by atoms with Crippen molar-refractivity contribution in [2.45, 2.75) is 52.0 Å². The lowest BCUT2D eigenvalue weighted by molar-refractivity contribution is 0.293. The minimum absolute atomic E-state index is 0.241. The molecule has 0 aromatic rings. The Kier molecular flexibility index (Phi) is 8.68. The van der Waals surface area contributed by atoms with Crippen LogP contribution in [0.15, 0.2) is 0 Å². The third kappa shape index (κ3) is 7.57. The van der Waals surface area contributed by atoms with Gasteiger partial charge in [-0.3, -0.25) is 0 Å². The van der Waals surface area contributed by atoms with Crippen molar-refractivity contribution in [2.24, 2.45) is 0 Å². The van der Waals surface area contributed by atoms with Gasteiger partial charge in [-0.2, -0.15) is 0 Å². The van der Waals surface area contributed by atoms with Crippen LogP contribution < -0.4 is 10.0 Å². The number of likely N-dealkylation sites (N-methyl/N-ethyl adjacent to an activating group) is 1. The molecule has 2 N–H and O–H groups in total. The van der Waals surface area contributed by atoms with Gasteiger partial charge in [0.05, 0.1) is 5.75 Å². The van der Waals surface area contributed by atoms with Crippen LogP contribution in [0.2, 0.25) is 0 Å². The summed E-state index contributed by atoms with van der Waals surface area (Å²) in [6, 6.07) is 0.382. The Hall–Kier alpha value is -0.170. The first kappa shape index (κ1) is 17.9. The minimum Gasteiger partial charge on any atom is -0.314 e. The van der Waals surface area contributed by atoms with Crippen molar-refractivity contribution in [1.82, 2.24) is 14.9 Å². The molecule has 0 amide bonds. The molecular weight excluding hydrogens is 274 g/mol. The lowest BCUT2D eigenvalue weighted by Crippen LogP contribution is -2.39. The quantitative estimate of drug-likeness (QED) is 0.636. The van der Waals surface area contributed by atoms with Crippen LogP contribution in [0, 0.1) is 0 Å². The van der Waals surface area contributed by atoms with Crippen LogP contribution in [0.3, 0.4) is 0 Å². The number of nitrogens with one attached hydrogen (secondary N) is 2. The van der Waals surface area contributed by atoms with Gasteiger partial charge in [0.25, 0.3) is 0 Å². The number of nitrogens with zero attached hydrogens (tertiary/aromatic N) is 1. The number of sulfonamides is 1. The van der Waals surface area contributed by atoms with Crippen LogP contribution >= 0.6 is 0 Å². The largest absolute Gasteiger partial charge is 0.314 e. The molecule has 0 aromatic carbocycles. The maximum absolute atomic E-state index is 11.9. The summed E-state index contributed by atoms with van der Waals surface area (Å²) in [6.45, 7) is 8.61. The second kappa shape index (κ2) is 9.71. The highest BCUT2D eigenvalue weighted by Gasteiger charge is 2.17. The zero-order valence-corrected chi connectivity index (χ0v) is 13.8. The summed E-state index contributed by atoms with van der Waals surface area (Å²) < 4.78 is 26.6. The first-order valence-corrected chi connectivity index (χ1v) is 9.65. The van der Waals surface area contributed by atoms with E-state index in [0.717, 1.165) is 45.4 Å². The molecule has 1 unspecified atom stereocenters. The Balaban J connectivity index is 2.19. The molecule has 1 saturated heterocycles. The number of rotatable bonds is 10. The Bertz CT molecular complexity index is 340. The molecule has 1 rings (SSSR count). The highest BCUT2D eigenvalue weighted by molar-refractivity contribution is 7.89. The van der Waals surface area contributed by atoms with Crippen molar-refractivity contribution < 1.29 is 8.42 Å². The van der Waals surface area contributed by atoms with Gasteiger partial charge in [0.15, 0.2) is 0 Å². The zero-order chi connectivity index (χ0) is 14.8. The SMILES string of the molecule is CCCN(CC)CCNS(=O)(=O)CCC1CCCCN1. The van der Waals surface area contributed by atoms with Gasteiger partial charge in [0.1, 0.15) is 0 Å². The Morgan fingerprint density at radius 1 is 1.25 bits per heavy atom. The fraction of sp³-hybridized carbons (Fsp3) is 1.00. The van der Waals surface area contributed by atoms with Crippen molar-refractivity contribution in [1.29, 1.82) is 0 Å². The Morgan fingerprint density at radius 3 is 2.65 bits per heavy atom. The summed E-state index contributed by atoms with van der Waals surface area (Å²) in [5.74, 6) is 0.241. The number of hydrogen-bond acceptors (Lipinski definition) is 4. The lowest BCUT2D eigenvalue weighted by Gasteiger charge is -2.23. The average molecular weight is 305 g/mol. The van der Waals surface area contributed by atoms with Crippen LogP contribution in [0.5, 0.6) is 0 Å². The van der Waals surface area contributed by atoms with E-state index in [1.54, 1.807) is 0 Å². The standard InChI is InChI=1S/C14H31N3O2S/c1-3-11-17(4-2)12-10-16-20(18,19)13-8-14-7-5-6-9-15-14/h14-16H,3-13H2,1-2H3. The van der Waals surface area contributed by atoms with Crippen molar-refractivity contribution in [2.75, 3.05) is 38.5 Å². The maximum atomic E-state index is 11.9. The summed E-state index contributed by atoms with van der Waals surface area (Å²) >= 11 is 0. The smallest absolute Gasteiger partial charge is 0.211 e. The van der Waals surface area contributed by atoms with Gasteiger partial charge in [-0.25, -0.2) is 13.1 Å². The van der Waals surface area contributed by atoms with E-state index < -0.39 is 10.0 Å². The highest BCUT2D eigenvalue weighted by atomic mass is 32.2. The van der Waals surface area contributed by atoms with Crippen molar-refractivity contribution >= 4 is 10.0 Å². The van der Waals surface area contributed by atoms with E-state index in [0.29, 0.717) is 12.6 Å². The van der Waals surface area contributed by atoms with Gasteiger partial charge in [-0.05, 0) is 45.3 Å². The van der Waals surface area contributed by atoms with Crippen molar-refractivity contribution in [3.63, 3.8) is 0 Å². The Labute approximate surface area is 124 Å². The van der Waals surface area contributed by atoms with E-state index in [9.17, 15) is 8.42 Å². The van der Waals surface area contributed by atoms with E-state index in [-0.39, 0.29) is 5.75 Å². The summed E-state index contributed by atoms with van der Waals surface area (Å²) in [6.07, 6.45) is 5.37. The molecule has 1 heterocycles. The monoisotopic (exact) mass is 305 g/mol. The van der Waals surface area contributed by atoms with E-state index in [2.05, 4.69) is 28.8 Å². The molecule has 0 aromatic heterocycles. The topological polar surface area (TPSA) is 61.4 Å². The van der Waals surface area contributed by atoms with E-state index in [1.807, 2.05) is 0 Å². The molecule has 0 aliphatic carbocycles. The van der Waals surface area contributed by atoms with Gasteiger partial charge in [0, 0.05) is 19.1 Å². The molecule has 0 bridgehead atoms. The normalized spacial score (nSPS) is 20.4.